The largest absolute Gasteiger partial charge is 0.463 e. The third-order valence-corrected chi connectivity index (χ3v) is 10.4. The Morgan fingerprint density at radius 3 is 2.50 bits per heavy atom. The first-order valence-corrected chi connectivity index (χ1v) is 17.2. The van der Waals surface area contributed by atoms with Crippen LogP contribution in [0.5, 0.6) is 0 Å². The average molecular weight is 634 g/mol. The number of carbonyl (C=O) groups excluding carboxylic acids is 4. The van der Waals surface area contributed by atoms with Crippen molar-refractivity contribution in [1.29, 1.82) is 0 Å². The van der Waals surface area contributed by atoms with E-state index in [0.29, 0.717) is 32.4 Å². The summed E-state index contributed by atoms with van der Waals surface area (Å²) in [5, 5.41) is 12.3. The van der Waals surface area contributed by atoms with Gasteiger partial charge in [-0.3, -0.25) is 19.2 Å². The number of amides is 3. The van der Waals surface area contributed by atoms with Gasteiger partial charge in [0, 0.05) is 32.2 Å². The molecular formula is C36H47N3O7. The van der Waals surface area contributed by atoms with Crippen LogP contribution >= 0.6 is 0 Å². The number of nitrogens with one attached hydrogen (secondary N) is 1. The van der Waals surface area contributed by atoms with Gasteiger partial charge in [0.2, 0.25) is 17.7 Å². The molecule has 3 fully saturated rings. The van der Waals surface area contributed by atoms with E-state index >= 15 is 0 Å². The monoisotopic (exact) mass is 633 g/mol. The first kappa shape index (κ1) is 32.4. The second-order valence-corrected chi connectivity index (χ2v) is 13.3. The lowest BCUT2D eigenvalue weighted by atomic mass is 9.77. The molecule has 1 aliphatic carbocycles. The van der Waals surface area contributed by atoms with E-state index in [1.165, 1.54) is 0 Å². The Balaban J connectivity index is 1.37. The van der Waals surface area contributed by atoms with Crippen molar-refractivity contribution in [3.05, 3.63) is 60.2 Å². The van der Waals surface area contributed by atoms with Crippen molar-refractivity contribution >= 4 is 23.7 Å². The summed E-state index contributed by atoms with van der Waals surface area (Å²) in [5.74, 6) is -2.84. The second kappa shape index (κ2) is 14.5. The molecule has 6 atom stereocenters. The van der Waals surface area contributed by atoms with Crippen molar-refractivity contribution in [3.8, 4) is 0 Å². The molecule has 1 spiro atoms. The lowest BCUT2D eigenvalue weighted by Gasteiger charge is -2.39. The van der Waals surface area contributed by atoms with Gasteiger partial charge in [-0.05, 0) is 37.7 Å². The predicted octanol–water partition coefficient (Wildman–Crippen LogP) is 3.60. The van der Waals surface area contributed by atoms with E-state index in [1.54, 1.807) is 11.0 Å². The van der Waals surface area contributed by atoms with E-state index in [9.17, 15) is 24.3 Å². The SMILES string of the molecule is O=C1CC/C=C\[C@@H]2O[C@@]34C=CCN(C5CCCCC5)C(=O)[C@@H]3N(CCCCCCO)C(=O)[C@H]4[C@@H]2C(=O)N[C@@H](c2ccccc2)CO1. The number of esters is 1. The zero-order valence-electron chi connectivity index (χ0n) is 26.6. The number of rotatable bonds is 8. The van der Waals surface area contributed by atoms with Crippen LogP contribution in [0.2, 0.25) is 0 Å². The summed E-state index contributed by atoms with van der Waals surface area (Å²) in [6, 6.07) is 7.98. The van der Waals surface area contributed by atoms with E-state index in [-0.39, 0.29) is 49.4 Å². The minimum Gasteiger partial charge on any atom is -0.463 e. The fourth-order valence-electron chi connectivity index (χ4n) is 8.16. The van der Waals surface area contributed by atoms with Gasteiger partial charge in [-0.25, -0.2) is 0 Å². The summed E-state index contributed by atoms with van der Waals surface area (Å²) < 4.78 is 12.4. The van der Waals surface area contributed by atoms with E-state index in [1.807, 2.05) is 53.5 Å². The molecule has 4 heterocycles. The number of likely N-dealkylation sites (tertiary alicyclic amines) is 1. The lowest BCUT2D eigenvalue weighted by Crippen LogP contribution is -2.57. The third-order valence-electron chi connectivity index (χ3n) is 10.4. The van der Waals surface area contributed by atoms with Crippen LogP contribution in [0.3, 0.4) is 0 Å². The van der Waals surface area contributed by atoms with Crippen molar-refractivity contribution in [2.75, 3.05) is 26.3 Å². The van der Waals surface area contributed by atoms with Gasteiger partial charge in [0.1, 0.15) is 18.2 Å². The lowest BCUT2D eigenvalue weighted by molar-refractivity contribution is -0.149. The fourth-order valence-corrected chi connectivity index (χ4v) is 8.16. The minimum absolute atomic E-state index is 0.0301. The average Bonchev–Trinajstić information content (AvgIpc) is 3.45. The molecule has 46 heavy (non-hydrogen) atoms. The van der Waals surface area contributed by atoms with Gasteiger partial charge in [0.15, 0.2) is 0 Å². The van der Waals surface area contributed by atoms with Gasteiger partial charge in [-0.1, -0.05) is 86.7 Å². The first-order valence-electron chi connectivity index (χ1n) is 17.2. The van der Waals surface area contributed by atoms with Gasteiger partial charge < -0.3 is 29.7 Å². The zero-order chi connectivity index (χ0) is 32.1. The molecule has 3 amide bonds. The predicted molar refractivity (Wildman–Crippen MR) is 170 cm³/mol. The van der Waals surface area contributed by atoms with Gasteiger partial charge in [-0.15, -0.1) is 0 Å². The first-order chi connectivity index (χ1) is 22.4. The Morgan fingerprint density at radius 1 is 0.935 bits per heavy atom. The molecule has 2 saturated heterocycles. The van der Waals surface area contributed by atoms with Crippen LogP contribution in [0.15, 0.2) is 54.6 Å². The van der Waals surface area contributed by atoms with Crippen LogP contribution in [0, 0.1) is 11.8 Å². The number of carbonyl (C=O) groups is 4. The molecule has 10 nitrogen and oxygen atoms in total. The summed E-state index contributed by atoms with van der Waals surface area (Å²) in [7, 11) is 0. The van der Waals surface area contributed by atoms with Crippen LogP contribution in [0.25, 0.3) is 0 Å². The molecule has 0 unspecified atom stereocenters. The van der Waals surface area contributed by atoms with E-state index in [0.717, 1.165) is 50.5 Å². The molecule has 5 aliphatic rings. The summed E-state index contributed by atoms with van der Waals surface area (Å²) >= 11 is 0. The highest BCUT2D eigenvalue weighted by Crippen LogP contribution is 2.53. The molecule has 1 saturated carbocycles. The number of ether oxygens (including phenoxy) is 2. The number of aliphatic hydroxyl groups is 1. The minimum atomic E-state index is -1.30. The highest BCUT2D eigenvalue weighted by Gasteiger charge is 2.71. The smallest absolute Gasteiger partial charge is 0.306 e. The van der Waals surface area contributed by atoms with Gasteiger partial charge >= 0.3 is 5.97 Å². The van der Waals surface area contributed by atoms with E-state index in [4.69, 9.17) is 9.47 Å². The van der Waals surface area contributed by atoms with Crippen LogP contribution in [-0.2, 0) is 28.7 Å². The molecule has 248 valence electrons. The highest BCUT2D eigenvalue weighted by molar-refractivity contribution is 5.99. The Bertz CT molecular complexity index is 1330. The summed E-state index contributed by atoms with van der Waals surface area (Å²) in [6.07, 6.45) is 15.5. The van der Waals surface area contributed by atoms with E-state index < -0.39 is 35.6 Å². The van der Waals surface area contributed by atoms with Gasteiger partial charge in [0.25, 0.3) is 0 Å². The Labute approximate surface area is 271 Å². The number of benzene rings is 1. The van der Waals surface area contributed by atoms with Crippen LogP contribution in [0.4, 0.5) is 0 Å². The Kier molecular flexibility index (Phi) is 10.2. The molecule has 4 aliphatic heterocycles. The molecule has 1 aromatic carbocycles. The van der Waals surface area contributed by atoms with Crippen molar-refractivity contribution < 1.29 is 33.8 Å². The van der Waals surface area contributed by atoms with Crippen LogP contribution in [-0.4, -0.2) is 88.7 Å². The second-order valence-electron chi connectivity index (χ2n) is 13.3. The van der Waals surface area contributed by atoms with E-state index in [2.05, 4.69) is 5.32 Å². The normalized spacial score (nSPS) is 32.8. The van der Waals surface area contributed by atoms with Crippen molar-refractivity contribution in [2.24, 2.45) is 11.8 Å². The standard InChI is InChI=1S/C36H47N3O7/c40-23-12-2-1-11-21-39-32-35(44)38(26-16-7-4-8-17-26)22-13-20-36(32)31(34(39)43)30-28(46-36)18-9-10-19-29(41)45-24-27(37-33(30)42)25-14-5-3-6-15-25/h3,5-6,9,13-15,18,20,26-28,30-32,40H,1-2,4,7-8,10-12,16-17,19,21-24H2,(H,37,42)/b18-9-/t27-,28+,30-,31-,32+,36-/m1/s1. The quantitative estimate of drug-likeness (QED) is 0.255. The highest BCUT2D eigenvalue weighted by atomic mass is 16.5. The molecule has 1 aromatic rings. The number of aliphatic hydroxyl groups excluding tert-OH is 1. The Morgan fingerprint density at radius 2 is 1.72 bits per heavy atom. The van der Waals surface area contributed by atoms with Gasteiger partial charge in [-0.2, -0.15) is 0 Å². The number of fused-ring (bicyclic) bond motifs is 2. The maximum Gasteiger partial charge on any atom is 0.306 e. The topological polar surface area (TPSA) is 125 Å². The summed E-state index contributed by atoms with van der Waals surface area (Å²) in [6.45, 7) is 0.922. The van der Waals surface area contributed by atoms with Crippen molar-refractivity contribution in [3.63, 3.8) is 0 Å². The number of allylic oxidation sites excluding steroid dienone is 1. The number of hydrogen-bond donors (Lipinski definition) is 2. The van der Waals surface area contributed by atoms with Gasteiger partial charge in [0.05, 0.1) is 24.0 Å². The molecule has 10 heteroatoms. The number of cyclic esters (lactones) is 1. The third kappa shape index (κ3) is 6.38. The molecule has 0 bridgehead atoms. The Hall–Kier alpha value is -3.50. The summed E-state index contributed by atoms with van der Waals surface area (Å²) in [4.78, 5) is 59.8. The molecule has 0 radical (unpaired) electrons. The number of unbranched alkanes of at least 4 members (excludes halogenated alkanes) is 3. The maximum atomic E-state index is 14.7. The maximum absolute atomic E-state index is 14.7. The van der Waals surface area contributed by atoms with Crippen LogP contribution < -0.4 is 5.32 Å². The summed E-state index contributed by atoms with van der Waals surface area (Å²) in [5.41, 5.74) is -0.511. The number of hydrogen-bond acceptors (Lipinski definition) is 7. The molecule has 6 rings (SSSR count). The van der Waals surface area contributed by atoms with Crippen LogP contribution in [0.1, 0.15) is 82.2 Å². The van der Waals surface area contributed by atoms with Crippen molar-refractivity contribution in [2.45, 2.75) is 100 Å². The zero-order valence-corrected chi connectivity index (χ0v) is 26.6. The molecule has 0 aromatic heterocycles. The molecule has 2 N–H and O–H groups in total. The fraction of sp³-hybridized carbons (Fsp3) is 0.611. The van der Waals surface area contributed by atoms with Crippen molar-refractivity contribution in [1.82, 2.24) is 15.1 Å². The number of nitrogens with zero attached hydrogens (tertiary/aromatic N) is 2. The molecular weight excluding hydrogens is 586 g/mol.